The molecule has 0 saturated heterocycles. The highest BCUT2D eigenvalue weighted by Gasteiger charge is 2.46. The Hall–Kier alpha value is -2.17. The van der Waals surface area contributed by atoms with E-state index in [-0.39, 0.29) is 11.7 Å². The van der Waals surface area contributed by atoms with Crippen LogP contribution in [0.5, 0.6) is 0 Å². The van der Waals surface area contributed by atoms with E-state index in [0.717, 1.165) is 17.7 Å². The number of hydrogen-bond acceptors (Lipinski definition) is 2. The van der Waals surface area contributed by atoms with Gasteiger partial charge in [0.1, 0.15) is 5.82 Å². The summed E-state index contributed by atoms with van der Waals surface area (Å²) >= 11 is 0. The predicted molar refractivity (Wildman–Crippen MR) is 77.1 cm³/mol. The summed E-state index contributed by atoms with van der Waals surface area (Å²) in [5, 5.41) is 9.70. The van der Waals surface area contributed by atoms with Crippen molar-refractivity contribution in [2.75, 3.05) is 0 Å². The first-order valence-corrected chi connectivity index (χ1v) is 7.16. The summed E-state index contributed by atoms with van der Waals surface area (Å²) in [6.07, 6.45) is 4.05. The van der Waals surface area contributed by atoms with E-state index in [2.05, 4.69) is 15.5 Å². The zero-order chi connectivity index (χ0) is 14.9. The van der Waals surface area contributed by atoms with Crippen LogP contribution in [0.25, 0.3) is 0 Å². The van der Waals surface area contributed by atoms with Crippen molar-refractivity contribution in [3.8, 4) is 0 Å². The third-order valence-electron chi connectivity index (χ3n) is 4.40. The summed E-state index contributed by atoms with van der Waals surface area (Å²) < 4.78 is 14.0. The van der Waals surface area contributed by atoms with Crippen LogP contribution in [0.1, 0.15) is 36.1 Å². The van der Waals surface area contributed by atoms with Gasteiger partial charge in [-0.2, -0.15) is 5.10 Å². The van der Waals surface area contributed by atoms with Crippen LogP contribution in [0.15, 0.2) is 30.5 Å². The zero-order valence-corrected chi connectivity index (χ0v) is 11.9. The van der Waals surface area contributed by atoms with Crippen LogP contribution in [-0.2, 0) is 16.8 Å². The van der Waals surface area contributed by atoms with Crippen LogP contribution >= 0.6 is 0 Å². The number of benzene rings is 1. The molecule has 21 heavy (non-hydrogen) atoms. The number of nitrogens with one attached hydrogen (secondary N) is 2. The monoisotopic (exact) mass is 287 g/mol. The molecule has 2 aromatic rings. The molecule has 1 heterocycles. The summed E-state index contributed by atoms with van der Waals surface area (Å²) in [5.41, 5.74) is 1.69. The van der Waals surface area contributed by atoms with Crippen molar-refractivity contribution >= 4 is 5.91 Å². The predicted octanol–water partition coefficient (Wildman–Crippen LogP) is 2.60. The van der Waals surface area contributed by atoms with Crippen molar-refractivity contribution in [2.24, 2.45) is 0 Å². The Labute approximate surface area is 122 Å². The lowest BCUT2D eigenvalue weighted by molar-refractivity contribution is -0.130. The molecule has 1 saturated carbocycles. The molecule has 1 aromatic heterocycles. The van der Waals surface area contributed by atoms with Crippen molar-refractivity contribution in [1.82, 2.24) is 15.5 Å². The zero-order valence-electron chi connectivity index (χ0n) is 11.9. The molecule has 0 atom stereocenters. The Balaban J connectivity index is 1.78. The fraction of sp³-hybridized carbons (Fsp3) is 0.375. The van der Waals surface area contributed by atoms with Gasteiger partial charge < -0.3 is 5.32 Å². The lowest BCUT2D eigenvalue weighted by Crippen LogP contribution is -2.49. The van der Waals surface area contributed by atoms with Crippen molar-refractivity contribution in [3.63, 3.8) is 0 Å². The highest BCUT2D eigenvalue weighted by Crippen LogP contribution is 2.44. The second kappa shape index (κ2) is 5.31. The number of aryl methyl sites for hydroxylation is 1. The van der Waals surface area contributed by atoms with Crippen molar-refractivity contribution < 1.29 is 9.18 Å². The average Bonchev–Trinajstić information content (AvgIpc) is 2.83. The van der Waals surface area contributed by atoms with Gasteiger partial charge in [0.05, 0.1) is 11.6 Å². The van der Waals surface area contributed by atoms with Crippen LogP contribution in [0.4, 0.5) is 4.39 Å². The number of rotatable bonds is 4. The molecule has 110 valence electrons. The van der Waals surface area contributed by atoms with Crippen LogP contribution in [0, 0.1) is 12.7 Å². The van der Waals surface area contributed by atoms with Crippen LogP contribution < -0.4 is 5.32 Å². The van der Waals surface area contributed by atoms with E-state index in [9.17, 15) is 9.18 Å². The quantitative estimate of drug-likeness (QED) is 0.908. The summed E-state index contributed by atoms with van der Waals surface area (Å²) in [6.45, 7) is 2.32. The molecule has 0 aliphatic heterocycles. The smallest absolute Gasteiger partial charge is 0.231 e. The van der Waals surface area contributed by atoms with E-state index in [1.807, 2.05) is 6.92 Å². The van der Waals surface area contributed by atoms with Crippen LogP contribution in [0.2, 0.25) is 0 Å². The number of H-pyrrole nitrogens is 1. The minimum atomic E-state index is -0.705. The van der Waals surface area contributed by atoms with Crippen molar-refractivity contribution in [3.05, 3.63) is 53.1 Å². The normalized spacial score (nSPS) is 16.3. The molecule has 1 aromatic carbocycles. The molecule has 0 bridgehead atoms. The van der Waals surface area contributed by atoms with Crippen LogP contribution in [-0.4, -0.2) is 16.1 Å². The summed E-state index contributed by atoms with van der Waals surface area (Å²) in [7, 11) is 0. The minimum Gasteiger partial charge on any atom is -0.351 e. The number of nitrogens with zero attached hydrogens (tertiary/aromatic N) is 1. The molecule has 3 rings (SSSR count). The van der Waals surface area contributed by atoms with Gasteiger partial charge in [0.25, 0.3) is 0 Å². The molecule has 1 aliphatic rings. The lowest BCUT2D eigenvalue weighted by atomic mass is 9.63. The first-order chi connectivity index (χ1) is 10.1. The number of carbonyl (C=O) groups is 1. The second-order valence-corrected chi connectivity index (χ2v) is 5.62. The van der Waals surface area contributed by atoms with Crippen LogP contribution in [0.3, 0.4) is 0 Å². The number of halogens is 1. The minimum absolute atomic E-state index is 0.0977. The molecular formula is C16H18FN3O. The average molecular weight is 287 g/mol. The Morgan fingerprint density at radius 3 is 2.76 bits per heavy atom. The SMILES string of the molecule is Cc1[nH]ncc1CNC(=O)C1(c2ccccc2F)CCC1. The van der Waals surface area contributed by atoms with Gasteiger partial charge in [0.15, 0.2) is 0 Å². The maximum absolute atomic E-state index is 14.0. The highest BCUT2D eigenvalue weighted by atomic mass is 19.1. The van der Waals surface area contributed by atoms with E-state index in [4.69, 9.17) is 0 Å². The van der Waals surface area contributed by atoms with Gasteiger partial charge in [0.2, 0.25) is 5.91 Å². The van der Waals surface area contributed by atoms with Gasteiger partial charge >= 0.3 is 0 Å². The molecule has 5 heteroatoms. The molecule has 1 aliphatic carbocycles. The Kier molecular flexibility index (Phi) is 3.49. The van der Waals surface area contributed by atoms with Gasteiger partial charge in [-0.3, -0.25) is 9.89 Å². The first-order valence-electron chi connectivity index (χ1n) is 7.16. The number of aromatic amines is 1. The third kappa shape index (κ3) is 2.33. The number of aromatic nitrogens is 2. The van der Waals surface area contributed by atoms with Crippen molar-refractivity contribution in [2.45, 2.75) is 38.1 Å². The highest BCUT2D eigenvalue weighted by molar-refractivity contribution is 5.89. The third-order valence-corrected chi connectivity index (χ3v) is 4.40. The van der Waals surface area contributed by atoms with Gasteiger partial charge in [-0.05, 0) is 25.8 Å². The van der Waals surface area contributed by atoms with E-state index in [1.54, 1.807) is 24.4 Å². The van der Waals surface area contributed by atoms with E-state index in [1.165, 1.54) is 6.07 Å². The number of hydrogen-bond donors (Lipinski definition) is 2. The van der Waals surface area contributed by atoms with Gasteiger partial charge in [-0.1, -0.05) is 24.6 Å². The summed E-state index contributed by atoms with van der Waals surface area (Å²) in [4.78, 5) is 12.6. The molecule has 2 N–H and O–H groups in total. The fourth-order valence-corrected chi connectivity index (χ4v) is 2.90. The van der Waals surface area contributed by atoms with Gasteiger partial charge in [-0.15, -0.1) is 0 Å². The second-order valence-electron chi connectivity index (χ2n) is 5.62. The fourth-order valence-electron chi connectivity index (χ4n) is 2.90. The topological polar surface area (TPSA) is 57.8 Å². The van der Waals surface area contributed by atoms with Crippen molar-refractivity contribution in [1.29, 1.82) is 0 Å². The van der Waals surface area contributed by atoms with E-state index >= 15 is 0 Å². The molecule has 1 amide bonds. The van der Waals surface area contributed by atoms with Gasteiger partial charge in [0, 0.05) is 23.4 Å². The summed E-state index contributed by atoms with van der Waals surface area (Å²) in [5.74, 6) is -0.397. The Morgan fingerprint density at radius 2 is 2.19 bits per heavy atom. The number of amides is 1. The maximum Gasteiger partial charge on any atom is 0.231 e. The standard InChI is InChI=1S/C16H18FN3O/c1-11-12(10-19-20-11)9-18-15(21)16(7-4-8-16)13-5-2-3-6-14(13)17/h2-3,5-6,10H,4,7-9H2,1H3,(H,18,21)(H,19,20). The molecule has 0 radical (unpaired) electrons. The first kappa shape index (κ1) is 13.8. The lowest BCUT2D eigenvalue weighted by Gasteiger charge is -2.40. The molecule has 0 unspecified atom stereocenters. The molecule has 1 fully saturated rings. The number of carbonyl (C=O) groups excluding carboxylic acids is 1. The molecule has 0 spiro atoms. The van der Waals surface area contributed by atoms with E-state index < -0.39 is 5.41 Å². The Morgan fingerprint density at radius 1 is 1.43 bits per heavy atom. The Bertz CT molecular complexity index is 661. The van der Waals surface area contributed by atoms with Gasteiger partial charge in [-0.25, -0.2) is 4.39 Å². The largest absolute Gasteiger partial charge is 0.351 e. The maximum atomic E-state index is 14.0. The van der Waals surface area contributed by atoms with E-state index in [0.29, 0.717) is 24.9 Å². The summed E-state index contributed by atoms with van der Waals surface area (Å²) in [6, 6.07) is 6.57. The molecule has 4 nitrogen and oxygen atoms in total. The molecular weight excluding hydrogens is 269 g/mol.